The number of nitrogen functional groups attached to an aromatic ring is 2. The average Bonchev–Trinajstić information content (AvgIpc) is 2.64. The van der Waals surface area contributed by atoms with Crippen molar-refractivity contribution in [3.8, 4) is 5.75 Å². The number of hydrogen-bond acceptors (Lipinski definition) is 6. The Morgan fingerprint density at radius 2 is 1.92 bits per heavy atom. The number of benzene rings is 2. The van der Waals surface area contributed by atoms with Crippen LogP contribution in [0.2, 0.25) is 0 Å². The predicted octanol–water partition coefficient (Wildman–Crippen LogP) is 3.01. The van der Waals surface area contributed by atoms with Crippen molar-refractivity contribution >= 4 is 23.1 Å². The highest BCUT2D eigenvalue weighted by Gasteiger charge is 2.21. The number of nitrogens with two attached hydrogens (primary N) is 2. The van der Waals surface area contributed by atoms with E-state index in [1.807, 2.05) is 30.3 Å². The minimum Gasteiger partial charge on any atom is -0.493 e. The van der Waals surface area contributed by atoms with Crippen LogP contribution in [0.4, 0.5) is 11.4 Å². The van der Waals surface area contributed by atoms with Crippen LogP contribution in [0.1, 0.15) is 6.92 Å². The molecule has 25 heavy (non-hydrogen) atoms. The number of rotatable bonds is 6. The Kier molecular flexibility index (Phi) is 6.07. The van der Waals surface area contributed by atoms with Gasteiger partial charge >= 0.3 is 0 Å². The Morgan fingerprint density at radius 3 is 2.60 bits per heavy atom. The van der Waals surface area contributed by atoms with Crippen LogP contribution in [-0.2, 0) is 4.74 Å². The Bertz CT molecular complexity index is 688. The molecule has 6 heteroatoms. The molecule has 5 N–H and O–H groups in total. The summed E-state index contributed by atoms with van der Waals surface area (Å²) in [7, 11) is 0. The van der Waals surface area contributed by atoms with E-state index < -0.39 is 0 Å². The number of morpholine rings is 1. The summed E-state index contributed by atoms with van der Waals surface area (Å²) in [5, 5.41) is 3.35. The minimum atomic E-state index is 0.222. The van der Waals surface area contributed by atoms with Crippen molar-refractivity contribution in [2.45, 2.75) is 22.8 Å². The lowest BCUT2D eigenvalue weighted by atomic mass is 10.1. The lowest BCUT2D eigenvalue weighted by Crippen LogP contribution is -2.43. The molecule has 1 aliphatic rings. The van der Waals surface area contributed by atoms with Crippen molar-refractivity contribution in [1.29, 1.82) is 0 Å². The first-order chi connectivity index (χ1) is 12.1. The molecule has 0 radical (unpaired) electrons. The fourth-order valence-corrected chi connectivity index (χ4v) is 3.51. The van der Waals surface area contributed by atoms with Gasteiger partial charge in [-0.25, -0.2) is 0 Å². The van der Waals surface area contributed by atoms with Crippen LogP contribution in [0, 0.1) is 5.92 Å². The third kappa shape index (κ3) is 5.04. The molecular formula is C19H25N3O2S. The molecule has 5 nitrogen and oxygen atoms in total. The van der Waals surface area contributed by atoms with E-state index in [2.05, 4.69) is 24.4 Å². The number of ether oxygens (including phenoxy) is 2. The Morgan fingerprint density at radius 1 is 1.16 bits per heavy atom. The summed E-state index contributed by atoms with van der Waals surface area (Å²) in [4.78, 5) is 2.19. The van der Waals surface area contributed by atoms with E-state index in [1.165, 1.54) is 0 Å². The molecule has 0 bridgehead atoms. The van der Waals surface area contributed by atoms with Crippen molar-refractivity contribution in [2.24, 2.45) is 5.92 Å². The largest absolute Gasteiger partial charge is 0.493 e. The first kappa shape index (κ1) is 17.9. The first-order valence-corrected chi connectivity index (χ1v) is 9.31. The van der Waals surface area contributed by atoms with Crippen LogP contribution in [0.5, 0.6) is 5.75 Å². The van der Waals surface area contributed by atoms with Crippen molar-refractivity contribution in [1.82, 2.24) is 5.32 Å². The van der Waals surface area contributed by atoms with Gasteiger partial charge in [-0.1, -0.05) is 18.7 Å². The molecule has 1 fully saturated rings. The zero-order valence-corrected chi connectivity index (χ0v) is 15.2. The van der Waals surface area contributed by atoms with E-state index in [0.717, 1.165) is 35.2 Å². The van der Waals surface area contributed by atoms with Crippen LogP contribution in [-0.4, -0.2) is 32.4 Å². The molecule has 134 valence electrons. The maximum atomic E-state index is 5.91. The molecule has 2 unspecified atom stereocenters. The van der Waals surface area contributed by atoms with Crippen LogP contribution < -0.4 is 21.5 Å². The van der Waals surface area contributed by atoms with E-state index in [-0.39, 0.29) is 6.10 Å². The lowest BCUT2D eigenvalue weighted by Gasteiger charge is -2.28. The minimum absolute atomic E-state index is 0.222. The van der Waals surface area contributed by atoms with Gasteiger partial charge in [0.1, 0.15) is 5.75 Å². The lowest BCUT2D eigenvalue weighted by molar-refractivity contribution is -0.0159. The van der Waals surface area contributed by atoms with Gasteiger partial charge in [0.25, 0.3) is 0 Å². The molecule has 0 amide bonds. The summed E-state index contributed by atoms with van der Waals surface area (Å²) < 4.78 is 11.7. The Balaban J connectivity index is 1.52. The van der Waals surface area contributed by atoms with Crippen molar-refractivity contribution in [2.75, 3.05) is 37.8 Å². The van der Waals surface area contributed by atoms with Gasteiger partial charge in [0.2, 0.25) is 0 Å². The number of hydrogen-bond donors (Lipinski definition) is 3. The van der Waals surface area contributed by atoms with E-state index in [0.29, 0.717) is 23.9 Å². The van der Waals surface area contributed by atoms with E-state index in [4.69, 9.17) is 20.9 Å². The topological polar surface area (TPSA) is 82.5 Å². The molecule has 0 aromatic heterocycles. The van der Waals surface area contributed by atoms with Gasteiger partial charge in [-0.15, -0.1) is 0 Å². The summed E-state index contributed by atoms with van der Waals surface area (Å²) in [6.45, 7) is 5.41. The van der Waals surface area contributed by atoms with Gasteiger partial charge in [-0.05, 0) is 42.5 Å². The SMILES string of the molecule is CC(COc1ccc(Sc2ccc(N)c(N)c2)cc1)C1CNCCO1. The molecular weight excluding hydrogens is 334 g/mol. The van der Waals surface area contributed by atoms with Crippen LogP contribution in [0.25, 0.3) is 0 Å². The van der Waals surface area contributed by atoms with Crippen LogP contribution >= 0.6 is 11.8 Å². The van der Waals surface area contributed by atoms with Crippen molar-refractivity contribution < 1.29 is 9.47 Å². The predicted molar refractivity (Wildman–Crippen MR) is 103 cm³/mol. The number of anilines is 2. The molecule has 1 aliphatic heterocycles. The zero-order valence-electron chi connectivity index (χ0n) is 14.4. The van der Waals surface area contributed by atoms with Gasteiger partial charge in [0.05, 0.1) is 30.7 Å². The summed E-state index contributed by atoms with van der Waals surface area (Å²) in [5.41, 5.74) is 12.8. The molecule has 0 aliphatic carbocycles. The molecule has 2 aromatic rings. The van der Waals surface area contributed by atoms with E-state index in [1.54, 1.807) is 11.8 Å². The third-order valence-electron chi connectivity index (χ3n) is 4.22. The van der Waals surface area contributed by atoms with Gasteiger partial charge in [0, 0.05) is 28.8 Å². The Labute approximate surface area is 153 Å². The third-order valence-corrected chi connectivity index (χ3v) is 5.22. The maximum Gasteiger partial charge on any atom is 0.119 e. The van der Waals surface area contributed by atoms with E-state index in [9.17, 15) is 0 Å². The van der Waals surface area contributed by atoms with Crippen molar-refractivity contribution in [3.05, 3.63) is 42.5 Å². The highest BCUT2D eigenvalue weighted by atomic mass is 32.2. The standard InChI is InChI=1S/C19H25N3O2S/c1-13(19-11-22-8-9-23-19)12-24-14-2-4-15(5-3-14)25-16-6-7-17(20)18(21)10-16/h2-7,10,13,19,22H,8-9,11-12,20-21H2,1H3. The zero-order chi connectivity index (χ0) is 17.6. The average molecular weight is 359 g/mol. The quantitative estimate of drug-likeness (QED) is 0.688. The second kappa shape index (κ2) is 8.47. The summed E-state index contributed by atoms with van der Waals surface area (Å²) >= 11 is 1.65. The number of nitrogens with one attached hydrogen (secondary N) is 1. The van der Waals surface area contributed by atoms with Gasteiger partial charge < -0.3 is 26.3 Å². The summed E-state index contributed by atoms with van der Waals surface area (Å²) in [6.07, 6.45) is 0.222. The molecule has 2 aromatic carbocycles. The van der Waals surface area contributed by atoms with Crippen LogP contribution in [0.15, 0.2) is 52.3 Å². The van der Waals surface area contributed by atoms with E-state index >= 15 is 0 Å². The molecule has 2 atom stereocenters. The second-order valence-corrected chi connectivity index (χ2v) is 7.41. The van der Waals surface area contributed by atoms with Crippen LogP contribution in [0.3, 0.4) is 0 Å². The monoisotopic (exact) mass is 359 g/mol. The molecule has 1 saturated heterocycles. The normalized spacial score (nSPS) is 18.7. The summed E-state index contributed by atoms with van der Waals surface area (Å²) in [5.74, 6) is 1.22. The van der Waals surface area contributed by atoms with Gasteiger partial charge in [-0.2, -0.15) is 0 Å². The molecule has 0 spiro atoms. The molecule has 0 saturated carbocycles. The van der Waals surface area contributed by atoms with Gasteiger partial charge in [0.15, 0.2) is 0 Å². The van der Waals surface area contributed by atoms with Gasteiger partial charge in [-0.3, -0.25) is 0 Å². The fraction of sp³-hybridized carbons (Fsp3) is 0.368. The highest BCUT2D eigenvalue weighted by molar-refractivity contribution is 7.99. The maximum absolute atomic E-state index is 5.91. The second-order valence-electron chi connectivity index (χ2n) is 6.27. The molecule has 1 heterocycles. The highest BCUT2D eigenvalue weighted by Crippen LogP contribution is 2.31. The first-order valence-electron chi connectivity index (χ1n) is 8.50. The summed E-state index contributed by atoms with van der Waals surface area (Å²) in [6, 6.07) is 13.8. The van der Waals surface area contributed by atoms with Crippen molar-refractivity contribution in [3.63, 3.8) is 0 Å². The molecule has 3 rings (SSSR count). The Hall–Kier alpha value is -1.89. The fourth-order valence-electron chi connectivity index (χ4n) is 2.64. The smallest absolute Gasteiger partial charge is 0.119 e.